The molecule has 0 radical (unpaired) electrons. The van der Waals surface area contributed by atoms with Gasteiger partial charge in [-0.1, -0.05) is 0 Å². The van der Waals surface area contributed by atoms with E-state index < -0.39 is 0 Å². The molecule has 3 rings (SSSR count). The smallest absolute Gasteiger partial charge is 0.226 e. The second kappa shape index (κ2) is 5.80. The van der Waals surface area contributed by atoms with Crippen molar-refractivity contribution in [1.29, 1.82) is 0 Å². The highest BCUT2D eigenvalue weighted by molar-refractivity contribution is 5.93. The van der Waals surface area contributed by atoms with Crippen molar-refractivity contribution >= 4 is 22.6 Å². The van der Waals surface area contributed by atoms with Gasteiger partial charge in [0.05, 0.1) is 11.0 Å². The van der Waals surface area contributed by atoms with Crippen LogP contribution in [0.1, 0.15) is 12.2 Å². The Bertz CT molecular complexity index is 746. The first-order valence-electron chi connectivity index (χ1n) is 6.75. The van der Waals surface area contributed by atoms with E-state index >= 15 is 0 Å². The number of hydrogen-bond acceptors (Lipinski definition) is 3. The standard InChI is InChI=1S/C15H16N4O2/c20-10-14-17-12-4-3-11(9-13(12)18-14)16-15(21)5-8-19-6-1-2-7-19/h1-4,6-7,9,20H,5,8,10H2,(H,16,21)(H,17,18). The van der Waals surface area contributed by atoms with Crippen LogP contribution in [0.2, 0.25) is 0 Å². The van der Waals surface area contributed by atoms with E-state index in [4.69, 9.17) is 5.11 Å². The molecule has 0 aliphatic heterocycles. The number of aromatic amines is 1. The van der Waals surface area contributed by atoms with Gasteiger partial charge in [0, 0.05) is 31.0 Å². The van der Waals surface area contributed by atoms with Crippen LogP contribution in [0, 0.1) is 0 Å². The molecule has 0 atom stereocenters. The number of nitrogens with one attached hydrogen (secondary N) is 2. The molecule has 1 aromatic carbocycles. The number of amides is 1. The molecule has 0 saturated heterocycles. The molecule has 21 heavy (non-hydrogen) atoms. The number of hydrogen-bond donors (Lipinski definition) is 3. The van der Waals surface area contributed by atoms with Gasteiger partial charge in [-0.05, 0) is 30.3 Å². The number of fused-ring (bicyclic) bond motifs is 1. The summed E-state index contributed by atoms with van der Waals surface area (Å²) in [6, 6.07) is 9.30. The van der Waals surface area contributed by atoms with Crippen LogP contribution >= 0.6 is 0 Å². The van der Waals surface area contributed by atoms with Crippen molar-refractivity contribution in [3.05, 3.63) is 48.5 Å². The first-order valence-corrected chi connectivity index (χ1v) is 6.75. The zero-order valence-corrected chi connectivity index (χ0v) is 11.4. The third-order valence-electron chi connectivity index (χ3n) is 3.23. The van der Waals surface area contributed by atoms with E-state index in [1.807, 2.05) is 41.2 Å². The van der Waals surface area contributed by atoms with Crippen molar-refractivity contribution < 1.29 is 9.90 Å². The highest BCUT2D eigenvalue weighted by atomic mass is 16.3. The molecule has 0 saturated carbocycles. The first kappa shape index (κ1) is 13.4. The molecule has 0 aliphatic rings. The van der Waals surface area contributed by atoms with E-state index in [1.165, 1.54) is 0 Å². The number of aliphatic hydroxyl groups excluding tert-OH is 1. The Labute approximate surface area is 121 Å². The lowest BCUT2D eigenvalue weighted by Crippen LogP contribution is -2.13. The zero-order chi connectivity index (χ0) is 14.7. The van der Waals surface area contributed by atoms with Crippen molar-refractivity contribution in [2.24, 2.45) is 0 Å². The Hall–Kier alpha value is -2.60. The quantitative estimate of drug-likeness (QED) is 0.669. The Morgan fingerprint density at radius 3 is 2.90 bits per heavy atom. The molecule has 1 amide bonds. The Balaban J connectivity index is 1.65. The van der Waals surface area contributed by atoms with Gasteiger partial charge in [-0.3, -0.25) is 4.79 Å². The van der Waals surface area contributed by atoms with E-state index in [-0.39, 0.29) is 12.5 Å². The third-order valence-corrected chi connectivity index (χ3v) is 3.23. The monoisotopic (exact) mass is 284 g/mol. The molecule has 3 aromatic rings. The van der Waals surface area contributed by atoms with Crippen LogP contribution < -0.4 is 5.32 Å². The van der Waals surface area contributed by atoms with E-state index in [2.05, 4.69) is 15.3 Å². The molecule has 2 heterocycles. The number of rotatable bonds is 5. The summed E-state index contributed by atoms with van der Waals surface area (Å²) < 4.78 is 1.96. The second-order valence-corrected chi connectivity index (χ2v) is 4.79. The van der Waals surface area contributed by atoms with Gasteiger partial charge >= 0.3 is 0 Å². The summed E-state index contributed by atoms with van der Waals surface area (Å²) >= 11 is 0. The van der Waals surface area contributed by atoms with E-state index in [9.17, 15) is 4.79 Å². The summed E-state index contributed by atoms with van der Waals surface area (Å²) in [5.41, 5.74) is 2.28. The number of aryl methyl sites for hydroxylation is 1. The SMILES string of the molecule is O=C(CCn1cccc1)Nc1ccc2nc(CO)[nH]c2c1. The molecule has 0 aliphatic carbocycles. The van der Waals surface area contributed by atoms with Crippen molar-refractivity contribution in [3.63, 3.8) is 0 Å². The number of anilines is 1. The van der Waals surface area contributed by atoms with Gasteiger partial charge in [-0.15, -0.1) is 0 Å². The van der Waals surface area contributed by atoms with Gasteiger partial charge in [0.15, 0.2) is 0 Å². The molecule has 0 unspecified atom stereocenters. The molecule has 0 fully saturated rings. The Morgan fingerprint density at radius 1 is 1.33 bits per heavy atom. The lowest BCUT2D eigenvalue weighted by molar-refractivity contribution is -0.116. The number of aliphatic hydroxyl groups is 1. The van der Waals surface area contributed by atoms with Gasteiger partial charge in [0.25, 0.3) is 0 Å². The fraction of sp³-hybridized carbons (Fsp3) is 0.200. The molecule has 3 N–H and O–H groups in total. The molecule has 6 nitrogen and oxygen atoms in total. The first-order chi connectivity index (χ1) is 10.2. The molecule has 0 bridgehead atoms. The third kappa shape index (κ3) is 3.11. The number of benzene rings is 1. The second-order valence-electron chi connectivity index (χ2n) is 4.79. The van der Waals surface area contributed by atoms with Gasteiger partial charge in [0.1, 0.15) is 12.4 Å². The normalized spacial score (nSPS) is 10.9. The van der Waals surface area contributed by atoms with Crippen LogP contribution in [0.15, 0.2) is 42.7 Å². The minimum absolute atomic E-state index is 0.0371. The molecule has 6 heteroatoms. The Morgan fingerprint density at radius 2 is 2.14 bits per heavy atom. The van der Waals surface area contributed by atoms with Crippen LogP contribution in [0.25, 0.3) is 11.0 Å². The summed E-state index contributed by atoms with van der Waals surface area (Å²) in [4.78, 5) is 19.1. The lowest BCUT2D eigenvalue weighted by atomic mass is 10.2. The number of aromatic nitrogens is 3. The van der Waals surface area contributed by atoms with Crippen molar-refractivity contribution in [2.45, 2.75) is 19.6 Å². The fourth-order valence-electron chi connectivity index (χ4n) is 2.19. The molecule has 2 aromatic heterocycles. The largest absolute Gasteiger partial charge is 0.388 e. The highest BCUT2D eigenvalue weighted by Gasteiger charge is 2.06. The Kier molecular flexibility index (Phi) is 3.70. The predicted octanol–water partition coefficient (Wildman–Crippen LogP) is 1.89. The maximum atomic E-state index is 11.9. The van der Waals surface area contributed by atoms with E-state index in [1.54, 1.807) is 6.07 Å². The zero-order valence-electron chi connectivity index (χ0n) is 11.4. The maximum Gasteiger partial charge on any atom is 0.226 e. The summed E-state index contributed by atoms with van der Waals surface area (Å²) in [5, 5.41) is 11.9. The number of imidazole rings is 1. The van der Waals surface area contributed by atoms with E-state index in [0.29, 0.717) is 24.5 Å². The summed E-state index contributed by atoms with van der Waals surface area (Å²) in [5.74, 6) is 0.478. The number of nitrogens with zero attached hydrogens (tertiary/aromatic N) is 2. The summed E-state index contributed by atoms with van der Waals surface area (Å²) in [6.45, 7) is 0.521. The van der Waals surface area contributed by atoms with Crippen LogP contribution in [0.4, 0.5) is 5.69 Å². The van der Waals surface area contributed by atoms with E-state index in [0.717, 1.165) is 11.0 Å². The molecular weight excluding hydrogens is 268 g/mol. The minimum Gasteiger partial charge on any atom is -0.388 e. The lowest BCUT2D eigenvalue weighted by Gasteiger charge is -2.06. The van der Waals surface area contributed by atoms with Crippen LogP contribution in [-0.4, -0.2) is 25.5 Å². The van der Waals surface area contributed by atoms with Gasteiger partial charge in [-0.25, -0.2) is 4.98 Å². The fourth-order valence-corrected chi connectivity index (χ4v) is 2.19. The topological polar surface area (TPSA) is 82.9 Å². The molecule has 0 spiro atoms. The number of H-pyrrole nitrogens is 1. The predicted molar refractivity (Wildman–Crippen MR) is 79.7 cm³/mol. The van der Waals surface area contributed by atoms with Crippen molar-refractivity contribution in [1.82, 2.24) is 14.5 Å². The molecular formula is C15H16N4O2. The number of carbonyl (C=O) groups is 1. The molecule has 108 valence electrons. The average molecular weight is 284 g/mol. The van der Waals surface area contributed by atoms with Crippen LogP contribution in [-0.2, 0) is 17.9 Å². The maximum absolute atomic E-state index is 11.9. The summed E-state index contributed by atoms with van der Waals surface area (Å²) in [6.07, 6.45) is 4.28. The van der Waals surface area contributed by atoms with Crippen molar-refractivity contribution in [3.8, 4) is 0 Å². The van der Waals surface area contributed by atoms with Gasteiger partial charge in [0.2, 0.25) is 5.91 Å². The van der Waals surface area contributed by atoms with Gasteiger partial charge < -0.3 is 20.0 Å². The number of carbonyl (C=O) groups excluding carboxylic acids is 1. The summed E-state index contributed by atoms with van der Waals surface area (Å²) in [7, 11) is 0. The van der Waals surface area contributed by atoms with Crippen LogP contribution in [0.3, 0.4) is 0 Å². The van der Waals surface area contributed by atoms with Crippen LogP contribution in [0.5, 0.6) is 0 Å². The minimum atomic E-state index is -0.132. The van der Waals surface area contributed by atoms with Crippen molar-refractivity contribution in [2.75, 3.05) is 5.32 Å². The average Bonchev–Trinajstić information content (AvgIpc) is 3.13. The highest BCUT2D eigenvalue weighted by Crippen LogP contribution is 2.17. The van der Waals surface area contributed by atoms with Gasteiger partial charge in [-0.2, -0.15) is 0 Å².